The van der Waals surface area contributed by atoms with Crippen LogP contribution in [0.15, 0.2) is 34.5 Å². The zero-order valence-electron chi connectivity index (χ0n) is 12.6. The Morgan fingerprint density at radius 3 is 2.86 bits per heavy atom. The average molecular weight is 337 g/mol. The predicted octanol–water partition coefficient (Wildman–Crippen LogP) is 2.10. The second kappa shape index (κ2) is 6.08. The van der Waals surface area contributed by atoms with E-state index in [0.717, 1.165) is 29.2 Å². The smallest absolute Gasteiger partial charge is 0.243 e. The van der Waals surface area contributed by atoms with E-state index in [1.54, 1.807) is 25.2 Å². The number of nitrogens with zero attached hydrogens (tertiary/aromatic N) is 2. The van der Waals surface area contributed by atoms with Gasteiger partial charge in [-0.3, -0.25) is 0 Å². The van der Waals surface area contributed by atoms with Crippen LogP contribution in [0.5, 0.6) is 0 Å². The molecule has 1 aliphatic rings. The Bertz CT molecular complexity index is 765. The first-order chi connectivity index (χ1) is 10.5. The van der Waals surface area contributed by atoms with E-state index in [-0.39, 0.29) is 6.04 Å². The molecule has 3 rings (SSSR count). The lowest BCUT2D eigenvalue weighted by atomic mass is 10.2. The van der Waals surface area contributed by atoms with Crippen molar-refractivity contribution < 1.29 is 8.42 Å². The van der Waals surface area contributed by atoms with Crippen LogP contribution in [0.4, 0.5) is 0 Å². The Labute approximate surface area is 135 Å². The summed E-state index contributed by atoms with van der Waals surface area (Å²) in [6.07, 6.45) is 0.848. The fraction of sp³-hybridized carbons (Fsp3) is 0.400. The molecule has 0 spiro atoms. The van der Waals surface area contributed by atoms with E-state index in [4.69, 9.17) is 0 Å². The Morgan fingerprint density at radius 1 is 1.41 bits per heavy atom. The van der Waals surface area contributed by atoms with Crippen molar-refractivity contribution in [3.05, 3.63) is 35.3 Å². The maximum absolute atomic E-state index is 12.8. The molecule has 1 saturated heterocycles. The molecule has 1 N–H and O–H groups in total. The first-order valence-electron chi connectivity index (χ1n) is 7.20. The van der Waals surface area contributed by atoms with Crippen molar-refractivity contribution in [1.82, 2.24) is 14.6 Å². The van der Waals surface area contributed by atoms with Gasteiger partial charge in [-0.15, -0.1) is 11.3 Å². The first kappa shape index (κ1) is 15.6. The monoisotopic (exact) mass is 337 g/mol. The summed E-state index contributed by atoms with van der Waals surface area (Å²) in [6, 6.07) is 7.06. The van der Waals surface area contributed by atoms with Crippen LogP contribution in [0.25, 0.3) is 10.6 Å². The van der Waals surface area contributed by atoms with Crippen LogP contribution in [0, 0.1) is 6.92 Å². The van der Waals surface area contributed by atoms with E-state index in [1.165, 1.54) is 15.6 Å². The number of rotatable bonds is 4. The summed E-state index contributed by atoms with van der Waals surface area (Å²) in [4.78, 5) is 4.75. The average Bonchev–Trinajstić information content (AvgIpc) is 3.18. The van der Waals surface area contributed by atoms with Gasteiger partial charge in [0.15, 0.2) is 0 Å². The van der Waals surface area contributed by atoms with Crippen LogP contribution in [-0.4, -0.2) is 43.9 Å². The van der Waals surface area contributed by atoms with Gasteiger partial charge < -0.3 is 5.32 Å². The second-order valence-electron chi connectivity index (χ2n) is 5.49. The van der Waals surface area contributed by atoms with Crippen molar-refractivity contribution in [2.75, 3.05) is 20.1 Å². The minimum absolute atomic E-state index is 0.0239. The second-order valence-corrected chi connectivity index (χ2v) is 8.35. The number of nitrogens with one attached hydrogen (secondary N) is 1. The third-order valence-corrected chi connectivity index (χ3v) is 6.84. The summed E-state index contributed by atoms with van der Waals surface area (Å²) in [7, 11) is -1.82. The standard InChI is InChI=1S/C15H19N3O2S2/c1-11-10-21-15(17-11)12-4-3-5-14(8-12)22(19,20)18(2)13-6-7-16-9-13/h3-5,8,10,13,16H,6-7,9H2,1-2H3. The lowest BCUT2D eigenvalue weighted by molar-refractivity contribution is 0.388. The molecule has 1 unspecified atom stereocenters. The minimum atomic E-state index is -3.48. The summed E-state index contributed by atoms with van der Waals surface area (Å²) in [6.45, 7) is 3.51. The van der Waals surface area contributed by atoms with E-state index in [9.17, 15) is 8.42 Å². The number of hydrogen-bond donors (Lipinski definition) is 1. The zero-order chi connectivity index (χ0) is 15.7. The van der Waals surface area contributed by atoms with Crippen LogP contribution >= 0.6 is 11.3 Å². The molecule has 7 heteroatoms. The summed E-state index contributed by atoms with van der Waals surface area (Å²) in [5.41, 5.74) is 1.79. The van der Waals surface area contributed by atoms with Crippen molar-refractivity contribution in [2.24, 2.45) is 0 Å². The number of aryl methyl sites for hydroxylation is 1. The molecule has 1 aromatic heterocycles. The van der Waals surface area contributed by atoms with Crippen LogP contribution < -0.4 is 5.32 Å². The summed E-state index contributed by atoms with van der Waals surface area (Å²) in [5.74, 6) is 0. The topological polar surface area (TPSA) is 62.3 Å². The van der Waals surface area contributed by atoms with Crippen molar-refractivity contribution in [2.45, 2.75) is 24.3 Å². The van der Waals surface area contributed by atoms with Crippen LogP contribution in [-0.2, 0) is 10.0 Å². The molecule has 5 nitrogen and oxygen atoms in total. The summed E-state index contributed by atoms with van der Waals surface area (Å²) >= 11 is 1.53. The molecule has 1 fully saturated rings. The Hall–Kier alpha value is -1.28. The third-order valence-electron chi connectivity index (χ3n) is 3.93. The molecule has 1 atom stereocenters. The van der Waals surface area contributed by atoms with E-state index in [0.29, 0.717) is 11.4 Å². The van der Waals surface area contributed by atoms with Crippen molar-refractivity contribution in [1.29, 1.82) is 0 Å². The maximum Gasteiger partial charge on any atom is 0.243 e. The SMILES string of the molecule is Cc1csc(-c2cccc(S(=O)(=O)N(C)C3CCNC3)c2)n1. The van der Waals surface area contributed by atoms with Gasteiger partial charge in [0.2, 0.25) is 10.0 Å². The minimum Gasteiger partial charge on any atom is -0.315 e. The Morgan fingerprint density at radius 2 is 2.23 bits per heavy atom. The van der Waals surface area contributed by atoms with E-state index >= 15 is 0 Å². The molecule has 2 heterocycles. The van der Waals surface area contributed by atoms with Crippen molar-refractivity contribution >= 4 is 21.4 Å². The third kappa shape index (κ3) is 2.94. The molecule has 1 aromatic carbocycles. The molecule has 1 aliphatic heterocycles. The highest BCUT2D eigenvalue weighted by Crippen LogP contribution is 2.27. The summed E-state index contributed by atoms with van der Waals surface area (Å²) < 4.78 is 27.1. The highest BCUT2D eigenvalue weighted by atomic mass is 32.2. The van der Waals surface area contributed by atoms with E-state index in [1.807, 2.05) is 18.4 Å². The van der Waals surface area contributed by atoms with Gasteiger partial charge in [0.1, 0.15) is 5.01 Å². The molecule has 0 aliphatic carbocycles. The Balaban J connectivity index is 1.93. The number of aromatic nitrogens is 1. The predicted molar refractivity (Wildman–Crippen MR) is 88.5 cm³/mol. The van der Waals surface area contributed by atoms with Gasteiger partial charge in [0, 0.05) is 36.3 Å². The molecule has 22 heavy (non-hydrogen) atoms. The normalized spacial score (nSPS) is 19.0. The highest BCUT2D eigenvalue weighted by Gasteiger charge is 2.30. The summed E-state index contributed by atoms with van der Waals surface area (Å²) in [5, 5.41) is 6.01. The van der Waals surface area contributed by atoms with Crippen LogP contribution in [0.3, 0.4) is 0 Å². The molecular weight excluding hydrogens is 318 g/mol. The lowest BCUT2D eigenvalue weighted by Gasteiger charge is -2.23. The van der Waals surface area contributed by atoms with Gasteiger partial charge in [-0.1, -0.05) is 12.1 Å². The highest BCUT2D eigenvalue weighted by molar-refractivity contribution is 7.89. The van der Waals surface area contributed by atoms with Gasteiger partial charge in [-0.05, 0) is 32.0 Å². The molecule has 0 bridgehead atoms. The van der Waals surface area contributed by atoms with Crippen LogP contribution in [0.1, 0.15) is 12.1 Å². The van der Waals surface area contributed by atoms with Gasteiger partial charge in [-0.2, -0.15) is 4.31 Å². The number of thiazole rings is 1. The van der Waals surface area contributed by atoms with Gasteiger partial charge in [0.25, 0.3) is 0 Å². The molecule has 0 amide bonds. The lowest BCUT2D eigenvalue weighted by Crippen LogP contribution is -2.38. The number of sulfonamides is 1. The van der Waals surface area contributed by atoms with Gasteiger partial charge in [-0.25, -0.2) is 13.4 Å². The number of likely N-dealkylation sites (N-methyl/N-ethyl adjacent to an activating group) is 1. The molecule has 0 saturated carbocycles. The van der Waals surface area contributed by atoms with Crippen molar-refractivity contribution in [3.63, 3.8) is 0 Å². The largest absolute Gasteiger partial charge is 0.315 e. The quantitative estimate of drug-likeness (QED) is 0.928. The first-order valence-corrected chi connectivity index (χ1v) is 9.52. The van der Waals surface area contributed by atoms with E-state index < -0.39 is 10.0 Å². The molecular formula is C15H19N3O2S2. The molecule has 0 radical (unpaired) electrons. The zero-order valence-corrected chi connectivity index (χ0v) is 14.2. The van der Waals surface area contributed by atoms with Crippen molar-refractivity contribution in [3.8, 4) is 10.6 Å². The fourth-order valence-electron chi connectivity index (χ4n) is 2.59. The maximum atomic E-state index is 12.8. The van der Waals surface area contributed by atoms with Gasteiger partial charge in [0.05, 0.1) is 4.90 Å². The van der Waals surface area contributed by atoms with Crippen LogP contribution in [0.2, 0.25) is 0 Å². The molecule has 2 aromatic rings. The van der Waals surface area contributed by atoms with Gasteiger partial charge >= 0.3 is 0 Å². The molecule has 118 valence electrons. The van der Waals surface area contributed by atoms with E-state index in [2.05, 4.69) is 10.3 Å². The fourth-order valence-corrected chi connectivity index (χ4v) is 4.81. The number of benzene rings is 1. The Kier molecular flexibility index (Phi) is 4.31. The number of hydrogen-bond acceptors (Lipinski definition) is 5.